The maximum Gasteiger partial charge on any atom is 0.225 e. The number of carbonyl (C=O) groups is 1. The summed E-state index contributed by atoms with van der Waals surface area (Å²) in [7, 11) is 0. The highest BCUT2D eigenvalue weighted by atomic mass is 16.2. The second-order valence-corrected chi connectivity index (χ2v) is 6.80. The number of nitrogens with two attached hydrogens (primary N) is 1. The van der Waals surface area contributed by atoms with Gasteiger partial charge < -0.3 is 5.73 Å². The number of nitrogen functional groups attached to an aromatic ring is 1. The molecule has 6 nitrogen and oxygen atoms in total. The first kappa shape index (κ1) is 17.0. The van der Waals surface area contributed by atoms with E-state index in [1.165, 1.54) is 6.92 Å². The fourth-order valence-electron chi connectivity index (χ4n) is 3.54. The van der Waals surface area contributed by atoms with Crippen LogP contribution in [0.3, 0.4) is 0 Å². The summed E-state index contributed by atoms with van der Waals surface area (Å²) in [5.41, 5.74) is 10.0. The number of pyridine rings is 2. The number of hydrogen-bond donors (Lipinski definition) is 1. The first-order valence-corrected chi connectivity index (χ1v) is 8.91. The van der Waals surface area contributed by atoms with Crippen LogP contribution in [-0.2, 0) is 24.2 Å². The number of rotatable bonds is 3. The Kier molecular flexibility index (Phi) is 4.21. The third-order valence-electron chi connectivity index (χ3n) is 4.91. The summed E-state index contributed by atoms with van der Waals surface area (Å²) in [5.74, 6) is 0.735. The molecule has 1 amide bonds. The van der Waals surface area contributed by atoms with Crippen LogP contribution in [0, 0.1) is 11.3 Å². The van der Waals surface area contributed by atoms with Crippen molar-refractivity contribution in [2.45, 2.75) is 32.7 Å². The monoisotopic (exact) mass is 357 g/mol. The van der Waals surface area contributed by atoms with Gasteiger partial charge in [0.05, 0.1) is 17.6 Å². The second-order valence-electron chi connectivity index (χ2n) is 6.80. The fourth-order valence-corrected chi connectivity index (χ4v) is 3.54. The molecular formula is C21H19N5O. The van der Waals surface area contributed by atoms with Crippen molar-refractivity contribution in [2.75, 3.05) is 10.6 Å². The van der Waals surface area contributed by atoms with E-state index in [0.29, 0.717) is 23.7 Å². The molecule has 0 aliphatic heterocycles. The zero-order valence-corrected chi connectivity index (χ0v) is 15.1. The van der Waals surface area contributed by atoms with Gasteiger partial charge in [-0.15, -0.1) is 0 Å². The first-order chi connectivity index (χ1) is 13.0. The van der Waals surface area contributed by atoms with Gasteiger partial charge in [0.15, 0.2) is 5.82 Å². The Bertz CT molecular complexity index is 1100. The summed E-state index contributed by atoms with van der Waals surface area (Å²) in [4.78, 5) is 22.9. The number of nitrogens with zero attached hydrogens (tertiary/aromatic N) is 4. The lowest BCUT2D eigenvalue weighted by Crippen LogP contribution is -2.30. The van der Waals surface area contributed by atoms with E-state index >= 15 is 0 Å². The minimum absolute atomic E-state index is 0.155. The van der Waals surface area contributed by atoms with Crippen molar-refractivity contribution in [3.63, 3.8) is 0 Å². The molecule has 0 saturated heterocycles. The molecular weight excluding hydrogens is 338 g/mol. The molecule has 0 unspecified atom stereocenters. The SMILES string of the molecule is CC(=O)N(Cc1ccc2ccc(N)nc2c1)c1nc2c(cc1C#N)CCC2. The zero-order chi connectivity index (χ0) is 19.0. The lowest BCUT2D eigenvalue weighted by atomic mass is 10.1. The molecule has 3 aromatic rings. The molecule has 0 spiro atoms. The lowest BCUT2D eigenvalue weighted by molar-refractivity contribution is -0.116. The number of hydrogen-bond acceptors (Lipinski definition) is 5. The van der Waals surface area contributed by atoms with Crippen molar-refractivity contribution in [1.29, 1.82) is 5.26 Å². The first-order valence-electron chi connectivity index (χ1n) is 8.91. The standard InChI is InChI=1S/C21H19N5O/c1-13(27)26(21-17(11-22)10-16-3-2-4-18(16)25-21)12-14-5-6-15-7-8-20(23)24-19(15)9-14/h5-10H,2-4,12H2,1H3,(H2,23,24). The molecule has 2 heterocycles. The maximum absolute atomic E-state index is 12.4. The number of aromatic nitrogens is 2. The summed E-state index contributed by atoms with van der Waals surface area (Å²) >= 11 is 0. The van der Waals surface area contributed by atoms with E-state index in [0.717, 1.165) is 47.0 Å². The number of anilines is 2. The average molecular weight is 357 g/mol. The molecule has 134 valence electrons. The van der Waals surface area contributed by atoms with Crippen LogP contribution in [0.2, 0.25) is 0 Å². The number of amides is 1. The molecule has 2 aromatic heterocycles. The van der Waals surface area contributed by atoms with E-state index in [9.17, 15) is 10.1 Å². The van der Waals surface area contributed by atoms with Gasteiger partial charge in [0.2, 0.25) is 5.91 Å². The molecule has 1 aromatic carbocycles. The number of carbonyl (C=O) groups excluding carboxylic acids is 1. The lowest BCUT2D eigenvalue weighted by Gasteiger charge is -2.22. The summed E-state index contributed by atoms with van der Waals surface area (Å²) < 4.78 is 0. The van der Waals surface area contributed by atoms with Gasteiger partial charge in [-0.2, -0.15) is 5.26 Å². The van der Waals surface area contributed by atoms with Crippen LogP contribution < -0.4 is 10.6 Å². The highest BCUT2D eigenvalue weighted by molar-refractivity contribution is 5.92. The molecule has 4 rings (SSSR count). The largest absolute Gasteiger partial charge is 0.384 e. The van der Waals surface area contributed by atoms with E-state index in [1.54, 1.807) is 11.0 Å². The number of nitriles is 1. The van der Waals surface area contributed by atoms with Gasteiger partial charge in [-0.25, -0.2) is 9.97 Å². The van der Waals surface area contributed by atoms with E-state index < -0.39 is 0 Å². The van der Waals surface area contributed by atoms with Crippen LogP contribution in [0.1, 0.15) is 35.7 Å². The predicted molar refractivity (Wildman–Crippen MR) is 104 cm³/mol. The minimum Gasteiger partial charge on any atom is -0.384 e. The van der Waals surface area contributed by atoms with Gasteiger partial charge in [-0.05, 0) is 54.7 Å². The Balaban J connectivity index is 1.74. The molecule has 6 heteroatoms. The molecule has 0 bridgehead atoms. The summed E-state index contributed by atoms with van der Waals surface area (Å²) in [5, 5.41) is 10.5. The molecule has 2 N–H and O–H groups in total. The van der Waals surface area contributed by atoms with E-state index in [4.69, 9.17) is 5.73 Å². The van der Waals surface area contributed by atoms with Gasteiger partial charge in [0.25, 0.3) is 0 Å². The molecule has 0 saturated carbocycles. The average Bonchev–Trinajstić information content (AvgIpc) is 3.11. The second kappa shape index (κ2) is 6.69. The van der Waals surface area contributed by atoms with Crippen LogP contribution >= 0.6 is 0 Å². The van der Waals surface area contributed by atoms with Gasteiger partial charge in [-0.1, -0.05) is 12.1 Å². The van der Waals surface area contributed by atoms with E-state index in [1.807, 2.05) is 30.3 Å². The van der Waals surface area contributed by atoms with E-state index in [2.05, 4.69) is 16.0 Å². The van der Waals surface area contributed by atoms with Gasteiger partial charge in [0, 0.05) is 18.0 Å². The molecule has 0 radical (unpaired) electrons. The molecule has 0 atom stereocenters. The highest BCUT2D eigenvalue weighted by Gasteiger charge is 2.22. The molecule has 1 aliphatic carbocycles. The van der Waals surface area contributed by atoms with Gasteiger partial charge >= 0.3 is 0 Å². The zero-order valence-electron chi connectivity index (χ0n) is 15.1. The van der Waals surface area contributed by atoms with Crippen LogP contribution in [0.4, 0.5) is 11.6 Å². The van der Waals surface area contributed by atoms with Crippen molar-refractivity contribution in [2.24, 2.45) is 0 Å². The van der Waals surface area contributed by atoms with E-state index in [-0.39, 0.29) is 5.91 Å². The third-order valence-corrected chi connectivity index (χ3v) is 4.91. The summed E-state index contributed by atoms with van der Waals surface area (Å²) in [6, 6.07) is 13.6. The van der Waals surface area contributed by atoms with Crippen molar-refractivity contribution in [1.82, 2.24) is 9.97 Å². The molecule has 27 heavy (non-hydrogen) atoms. The van der Waals surface area contributed by atoms with Crippen LogP contribution in [0.5, 0.6) is 0 Å². The Morgan fingerprint density at radius 1 is 1.22 bits per heavy atom. The number of aryl methyl sites for hydroxylation is 2. The third kappa shape index (κ3) is 3.20. The van der Waals surface area contributed by atoms with Crippen molar-refractivity contribution >= 4 is 28.4 Å². The molecule has 0 fully saturated rings. The highest BCUT2D eigenvalue weighted by Crippen LogP contribution is 2.28. The normalized spacial score (nSPS) is 12.6. The van der Waals surface area contributed by atoms with Crippen molar-refractivity contribution in [3.05, 3.63) is 58.8 Å². The predicted octanol–water partition coefficient (Wildman–Crippen LogP) is 3.13. The van der Waals surface area contributed by atoms with Crippen LogP contribution in [-0.4, -0.2) is 15.9 Å². The Morgan fingerprint density at radius 2 is 2.04 bits per heavy atom. The van der Waals surface area contributed by atoms with Crippen molar-refractivity contribution < 1.29 is 4.79 Å². The van der Waals surface area contributed by atoms with Crippen LogP contribution in [0.15, 0.2) is 36.4 Å². The number of fused-ring (bicyclic) bond motifs is 2. The quantitative estimate of drug-likeness (QED) is 0.777. The topological polar surface area (TPSA) is 95.9 Å². The van der Waals surface area contributed by atoms with Crippen molar-refractivity contribution in [3.8, 4) is 6.07 Å². The summed E-state index contributed by atoms with van der Waals surface area (Å²) in [6.07, 6.45) is 2.86. The number of benzene rings is 1. The smallest absolute Gasteiger partial charge is 0.225 e. The maximum atomic E-state index is 12.4. The Morgan fingerprint density at radius 3 is 2.81 bits per heavy atom. The Labute approximate surface area is 157 Å². The van der Waals surface area contributed by atoms with Crippen LogP contribution in [0.25, 0.3) is 10.9 Å². The van der Waals surface area contributed by atoms with Gasteiger partial charge in [-0.3, -0.25) is 9.69 Å². The Hall–Kier alpha value is -3.46. The fraction of sp³-hybridized carbons (Fsp3) is 0.238. The minimum atomic E-state index is -0.155. The molecule has 1 aliphatic rings. The van der Waals surface area contributed by atoms with Gasteiger partial charge in [0.1, 0.15) is 11.9 Å². The summed E-state index contributed by atoms with van der Waals surface area (Å²) in [6.45, 7) is 1.82.